The molecule has 0 saturated heterocycles. The number of carbonyl (C=O) groups is 1. The van der Waals surface area contributed by atoms with Crippen LogP contribution in [0.25, 0.3) is 0 Å². The summed E-state index contributed by atoms with van der Waals surface area (Å²) in [5, 5.41) is 12.9. The summed E-state index contributed by atoms with van der Waals surface area (Å²) in [5.41, 5.74) is 13.1. The van der Waals surface area contributed by atoms with E-state index in [9.17, 15) is 4.79 Å². The number of hydrazone groups is 1. The number of hydrogen-bond donors (Lipinski definition) is 5. The third kappa shape index (κ3) is 3.45. The monoisotopic (exact) mass is 405 g/mol. The van der Waals surface area contributed by atoms with E-state index in [0.29, 0.717) is 0 Å². The lowest BCUT2D eigenvalue weighted by molar-refractivity contribution is -0.114. The molecule has 3 heterocycles. The molecule has 2 aromatic carbocycles. The molecule has 0 aromatic heterocycles. The number of fused-ring (bicyclic) bond motifs is 3. The maximum Gasteiger partial charge on any atom is 0.221 e. The highest BCUT2D eigenvalue weighted by molar-refractivity contribution is 8.02. The van der Waals surface area contributed by atoms with Gasteiger partial charge in [0.05, 0.1) is 11.6 Å². The molecule has 0 spiro atoms. The summed E-state index contributed by atoms with van der Waals surface area (Å²) in [5.74, 6) is 1.69. The van der Waals surface area contributed by atoms with Gasteiger partial charge in [-0.3, -0.25) is 10.2 Å². The molecule has 0 bridgehead atoms. The van der Waals surface area contributed by atoms with Gasteiger partial charge in [-0.05, 0) is 35.2 Å². The van der Waals surface area contributed by atoms with Crippen LogP contribution in [0.15, 0.2) is 64.0 Å². The third-order valence-corrected chi connectivity index (χ3v) is 6.02. The largest absolute Gasteiger partial charge is 0.343 e. The van der Waals surface area contributed by atoms with Crippen molar-refractivity contribution in [3.8, 4) is 0 Å². The van der Waals surface area contributed by atoms with E-state index in [-0.39, 0.29) is 17.1 Å². The zero-order chi connectivity index (χ0) is 19.8. The highest BCUT2D eigenvalue weighted by atomic mass is 32.2. The van der Waals surface area contributed by atoms with Gasteiger partial charge in [-0.1, -0.05) is 24.3 Å². The molecule has 0 aliphatic carbocycles. The van der Waals surface area contributed by atoms with Crippen molar-refractivity contribution in [2.45, 2.75) is 12.2 Å². The number of anilines is 2. The molecular weight excluding hydrogens is 386 g/mol. The Hall–Kier alpha value is -3.30. The maximum absolute atomic E-state index is 11.4. The van der Waals surface area contributed by atoms with Crippen LogP contribution < -0.4 is 27.1 Å². The number of hydrazine groups is 2. The minimum Gasteiger partial charge on any atom is -0.343 e. The Morgan fingerprint density at radius 2 is 2.07 bits per heavy atom. The number of benzene rings is 2. The van der Waals surface area contributed by atoms with E-state index in [1.54, 1.807) is 11.8 Å². The average Bonchev–Trinajstić information content (AvgIpc) is 3.40. The van der Waals surface area contributed by atoms with Crippen LogP contribution in [0.5, 0.6) is 0 Å². The van der Waals surface area contributed by atoms with Crippen molar-refractivity contribution in [1.82, 2.24) is 16.5 Å². The Labute approximate surface area is 171 Å². The molecular formula is C20H19N7OS. The fourth-order valence-electron chi connectivity index (χ4n) is 3.61. The summed E-state index contributed by atoms with van der Waals surface area (Å²) in [7, 11) is 0. The van der Waals surface area contributed by atoms with Gasteiger partial charge < -0.3 is 10.6 Å². The predicted molar refractivity (Wildman–Crippen MR) is 117 cm³/mol. The van der Waals surface area contributed by atoms with Crippen LogP contribution in [-0.2, 0) is 4.79 Å². The van der Waals surface area contributed by atoms with E-state index in [4.69, 9.17) is 4.99 Å². The predicted octanol–water partition coefficient (Wildman–Crippen LogP) is 2.99. The second-order valence-corrected chi connectivity index (χ2v) is 7.94. The van der Waals surface area contributed by atoms with Crippen molar-refractivity contribution in [1.29, 1.82) is 0 Å². The summed E-state index contributed by atoms with van der Waals surface area (Å²) in [4.78, 5) is 16.3. The molecule has 3 aliphatic rings. The van der Waals surface area contributed by atoms with E-state index < -0.39 is 0 Å². The van der Waals surface area contributed by atoms with Crippen LogP contribution in [0.3, 0.4) is 0 Å². The summed E-state index contributed by atoms with van der Waals surface area (Å²) in [6, 6.07) is 13.9. The van der Waals surface area contributed by atoms with E-state index in [1.807, 2.05) is 30.3 Å². The molecule has 8 nitrogen and oxygen atoms in total. The maximum atomic E-state index is 11.4. The van der Waals surface area contributed by atoms with E-state index >= 15 is 0 Å². The molecule has 3 aliphatic heterocycles. The first-order valence-electron chi connectivity index (χ1n) is 9.21. The Balaban J connectivity index is 1.49. The Morgan fingerprint density at radius 1 is 1.17 bits per heavy atom. The number of carbonyl (C=O) groups excluding carboxylic acids is 1. The molecule has 29 heavy (non-hydrogen) atoms. The number of nitrogens with one attached hydrogen (secondary N) is 5. The first-order valence-corrected chi connectivity index (χ1v) is 10.1. The van der Waals surface area contributed by atoms with E-state index in [0.717, 1.165) is 34.3 Å². The zero-order valence-corrected chi connectivity index (χ0v) is 16.4. The van der Waals surface area contributed by atoms with Gasteiger partial charge in [0.25, 0.3) is 0 Å². The topological polar surface area (TPSA) is 102 Å². The number of hydrogen-bond acceptors (Lipinski definition) is 8. The van der Waals surface area contributed by atoms with Crippen molar-refractivity contribution in [2.24, 2.45) is 16.0 Å². The van der Waals surface area contributed by atoms with Crippen LogP contribution in [-0.4, -0.2) is 17.6 Å². The van der Waals surface area contributed by atoms with Crippen LogP contribution >= 0.6 is 11.8 Å². The lowest BCUT2D eigenvalue weighted by Crippen LogP contribution is -2.35. The lowest BCUT2D eigenvalue weighted by Gasteiger charge is -2.28. The quantitative estimate of drug-likeness (QED) is 0.538. The van der Waals surface area contributed by atoms with Crippen LogP contribution in [0.1, 0.15) is 23.3 Å². The van der Waals surface area contributed by atoms with Crippen molar-refractivity contribution in [3.05, 3.63) is 65.1 Å². The van der Waals surface area contributed by atoms with Crippen molar-refractivity contribution >= 4 is 46.4 Å². The van der Waals surface area contributed by atoms with Gasteiger partial charge in [-0.15, -0.1) is 22.4 Å². The molecule has 5 N–H and O–H groups in total. The molecule has 1 amide bonds. The lowest BCUT2D eigenvalue weighted by atomic mass is 9.92. The van der Waals surface area contributed by atoms with Gasteiger partial charge in [0.2, 0.25) is 5.91 Å². The number of aliphatic imine (C=N–C) groups is 1. The Kier molecular flexibility index (Phi) is 4.45. The van der Waals surface area contributed by atoms with Gasteiger partial charge in [-0.25, -0.2) is 10.5 Å². The minimum atomic E-state index is -0.0961. The molecule has 0 radical (unpaired) electrons. The van der Waals surface area contributed by atoms with Crippen LogP contribution in [0.4, 0.5) is 17.1 Å². The van der Waals surface area contributed by atoms with Gasteiger partial charge >= 0.3 is 0 Å². The summed E-state index contributed by atoms with van der Waals surface area (Å²) < 4.78 is 0. The van der Waals surface area contributed by atoms with Crippen molar-refractivity contribution < 1.29 is 4.79 Å². The Morgan fingerprint density at radius 3 is 2.90 bits per heavy atom. The normalized spacial score (nSPS) is 21.3. The molecule has 2 atom stereocenters. The third-order valence-electron chi connectivity index (χ3n) is 4.86. The molecule has 146 valence electrons. The number of amidine groups is 2. The number of thioether (sulfide) groups is 1. The fraction of sp³-hybridized carbons (Fsp3) is 0.150. The smallest absolute Gasteiger partial charge is 0.221 e. The Bertz CT molecular complexity index is 1080. The van der Waals surface area contributed by atoms with Gasteiger partial charge in [-0.2, -0.15) is 0 Å². The highest BCUT2D eigenvalue weighted by Gasteiger charge is 2.35. The molecule has 5 rings (SSSR count). The second-order valence-electron chi connectivity index (χ2n) is 6.89. The first-order chi connectivity index (χ1) is 14.2. The summed E-state index contributed by atoms with van der Waals surface area (Å²) in [6.07, 6.45) is 2.19. The average molecular weight is 405 g/mol. The minimum absolute atomic E-state index is 0.0961. The summed E-state index contributed by atoms with van der Waals surface area (Å²) >= 11 is 1.80. The van der Waals surface area contributed by atoms with Gasteiger partial charge in [0.15, 0.2) is 5.84 Å². The number of nitrogens with zero attached hydrogens (tertiary/aromatic N) is 2. The van der Waals surface area contributed by atoms with E-state index in [2.05, 4.69) is 55.8 Å². The molecule has 2 aromatic rings. The summed E-state index contributed by atoms with van der Waals surface area (Å²) in [6.45, 7) is 1.50. The van der Waals surface area contributed by atoms with Gasteiger partial charge in [0, 0.05) is 29.1 Å². The standard InChI is InChI=1S/C20H19N7OS/c1-11(28)21-13-3-2-4-14(10-13)22-20-16-7-8-29-18(16)15-6-5-12(9-17(15)23-20)19-24-26-27-25-19/h2-10,16,18,26-27H,1H3,(H,21,28)(H,22,23)(H,24,25). The molecule has 2 unspecified atom stereocenters. The van der Waals surface area contributed by atoms with Crippen molar-refractivity contribution in [3.63, 3.8) is 0 Å². The second kappa shape index (κ2) is 7.26. The van der Waals surface area contributed by atoms with Gasteiger partial charge in [0.1, 0.15) is 5.84 Å². The molecule has 9 heteroatoms. The zero-order valence-electron chi connectivity index (χ0n) is 15.6. The van der Waals surface area contributed by atoms with Crippen molar-refractivity contribution in [2.75, 3.05) is 10.6 Å². The molecule has 0 fully saturated rings. The van der Waals surface area contributed by atoms with Crippen LogP contribution in [0.2, 0.25) is 0 Å². The van der Waals surface area contributed by atoms with Crippen LogP contribution in [0, 0.1) is 5.92 Å². The first kappa shape index (κ1) is 17.8. The molecule has 0 saturated carbocycles. The van der Waals surface area contributed by atoms with E-state index in [1.165, 1.54) is 12.5 Å². The number of amides is 1. The highest BCUT2D eigenvalue weighted by Crippen LogP contribution is 2.50. The number of rotatable bonds is 3. The SMILES string of the molecule is CC(=O)Nc1cccc(NC2=Nc3cc(C4=NNNN4)ccc3C3SC=CC23)c1. The fourth-order valence-corrected chi connectivity index (χ4v) is 4.77.